The summed E-state index contributed by atoms with van der Waals surface area (Å²) in [4.78, 5) is 25.6. The fraction of sp³-hybridized carbons (Fsp3) is 0.538. The fourth-order valence-corrected chi connectivity index (χ4v) is 2.85. The molecule has 0 radical (unpaired) electrons. The zero-order valence-electron chi connectivity index (χ0n) is 21.2. The van der Waals surface area contributed by atoms with Crippen molar-refractivity contribution in [2.24, 2.45) is 10.8 Å². The molecule has 0 N–H and O–H groups in total. The largest absolute Gasteiger partial charge is 0.494 e. The highest BCUT2D eigenvalue weighted by Gasteiger charge is 2.32. The number of esters is 2. The van der Waals surface area contributed by atoms with Gasteiger partial charge in [-0.1, -0.05) is 13.3 Å². The summed E-state index contributed by atoms with van der Waals surface area (Å²) < 4.78 is 28.7. The van der Waals surface area contributed by atoms with Crippen molar-refractivity contribution in [1.29, 1.82) is 0 Å². The topological polar surface area (TPSA) is 80.3 Å². The van der Waals surface area contributed by atoms with E-state index < -0.39 is 22.8 Å². The molecule has 2 rings (SSSR count). The van der Waals surface area contributed by atoms with Crippen molar-refractivity contribution in [2.75, 3.05) is 20.8 Å². The van der Waals surface area contributed by atoms with Crippen molar-refractivity contribution in [3.05, 3.63) is 18.2 Å². The molecule has 0 aliphatic heterocycles. The summed E-state index contributed by atoms with van der Waals surface area (Å²) in [5.41, 5.74) is -1.50. The first-order valence-electron chi connectivity index (χ1n) is 11.1. The van der Waals surface area contributed by atoms with Crippen LogP contribution in [0.4, 0.5) is 0 Å². The zero-order chi connectivity index (χ0) is 25.0. The summed E-state index contributed by atoms with van der Waals surface area (Å²) in [5, 5.41) is 1.04. The molecule has 7 heteroatoms. The van der Waals surface area contributed by atoms with Crippen molar-refractivity contribution < 1.29 is 33.3 Å². The molecule has 0 aliphatic carbocycles. The first-order chi connectivity index (χ1) is 15.3. The van der Waals surface area contributed by atoms with Crippen LogP contribution in [0.1, 0.15) is 61.3 Å². The summed E-state index contributed by atoms with van der Waals surface area (Å²) in [6.45, 7) is 13.2. The van der Waals surface area contributed by atoms with E-state index in [4.69, 9.17) is 23.7 Å². The molecule has 0 fully saturated rings. The molecular formula is C26H36O7. The molecule has 0 atom stereocenters. The lowest BCUT2D eigenvalue weighted by Gasteiger charge is -2.24. The predicted octanol–water partition coefficient (Wildman–Crippen LogP) is 5.94. The van der Waals surface area contributed by atoms with E-state index in [0.29, 0.717) is 23.1 Å². The average Bonchev–Trinajstić information content (AvgIpc) is 2.73. The number of benzene rings is 2. The molecule has 182 valence electrons. The summed E-state index contributed by atoms with van der Waals surface area (Å²) in [7, 11) is 2.88. The van der Waals surface area contributed by atoms with Gasteiger partial charge in [-0.05, 0) is 66.2 Å². The van der Waals surface area contributed by atoms with E-state index in [1.54, 1.807) is 59.7 Å². The fourth-order valence-electron chi connectivity index (χ4n) is 2.85. The van der Waals surface area contributed by atoms with Crippen LogP contribution in [0.3, 0.4) is 0 Å². The van der Waals surface area contributed by atoms with Crippen LogP contribution in [0.2, 0.25) is 0 Å². The number of fused-ring (bicyclic) bond motifs is 1. The Morgan fingerprint density at radius 3 is 1.67 bits per heavy atom. The molecule has 0 bridgehead atoms. The minimum Gasteiger partial charge on any atom is -0.494 e. The van der Waals surface area contributed by atoms with Crippen LogP contribution in [0.25, 0.3) is 10.8 Å². The van der Waals surface area contributed by atoms with Gasteiger partial charge in [-0.2, -0.15) is 0 Å². The van der Waals surface area contributed by atoms with Crippen LogP contribution in [0, 0.1) is 10.8 Å². The SMILES string of the molecule is CCCCOc1ccc2c(OC(=O)C(C)(C)C)c(OC)c(OC)c(OC(=O)C(C)(C)C)c2c1. The monoisotopic (exact) mass is 460 g/mol. The molecule has 0 saturated heterocycles. The van der Waals surface area contributed by atoms with E-state index in [2.05, 4.69) is 6.92 Å². The first-order valence-corrected chi connectivity index (χ1v) is 11.1. The van der Waals surface area contributed by atoms with Gasteiger partial charge in [0.15, 0.2) is 11.5 Å². The van der Waals surface area contributed by atoms with Crippen molar-refractivity contribution in [3.8, 4) is 28.7 Å². The highest BCUT2D eigenvalue weighted by molar-refractivity contribution is 6.02. The van der Waals surface area contributed by atoms with Crippen LogP contribution in [-0.4, -0.2) is 32.8 Å². The Morgan fingerprint density at radius 2 is 1.24 bits per heavy atom. The molecule has 0 saturated carbocycles. The smallest absolute Gasteiger partial charge is 0.316 e. The van der Waals surface area contributed by atoms with Crippen molar-refractivity contribution in [1.82, 2.24) is 0 Å². The zero-order valence-corrected chi connectivity index (χ0v) is 21.2. The lowest BCUT2D eigenvalue weighted by Crippen LogP contribution is -2.27. The number of rotatable bonds is 8. The molecular weight excluding hydrogens is 424 g/mol. The van der Waals surface area contributed by atoms with Crippen LogP contribution in [-0.2, 0) is 9.59 Å². The van der Waals surface area contributed by atoms with E-state index in [1.165, 1.54) is 14.2 Å². The highest BCUT2D eigenvalue weighted by atomic mass is 16.6. The quantitative estimate of drug-likeness (QED) is 0.274. The second-order valence-electron chi connectivity index (χ2n) is 9.91. The van der Waals surface area contributed by atoms with Gasteiger partial charge in [0.1, 0.15) is 5.75 Å². The lowest BCUT2D eigenvalue weighted by molar-refractivity contribution is -0.144. The maximum Gasteiger partial charge on any atom is 0.316 e. The maximum absolute atomic E-state index is 12.8. The third-order valence-electron chi connectivity index (χ3n) is 4.89. The molecule has 0 spiro atoms. The minimum absolute atomic E-state index is 0.157. The summed E-state index contributed by atoms with van der Waals surface area (Å²) in [5.74, 6) is 0.418. The Balaban J connectivity index is 2.81. The van der Waals surface area contributed by atoms with Gasteiger partial charge in [-0.25, -0.2) is 0 Å². The Bertz CT molecular complexity index is 1010. The Labute approximate surface area is 196 Å². The second-order valence-corrected chi connectivity index (χ2v) is 9.91. The van der Waals surface area contributed by atoms with Gasteiger partial charge < -0.3 is 23.7 Å². The second kappa shape index (κ2) is 10.3. The summed E-state index contributed by atoms with van der Waals surface area (Å²) >= 11 is 0. The number of hydrogen-bond donors (Lipinski definition) is 0. The van der Waals surface area contributed by atoms with E-state index >= 15 is 0 Å². The van der Waals surface area contributed by atoms with E-state index in [-0.39, 0.29) is 23.0 Å². The molecule has 0 amide bonds. The van der Waals surface area contributed by atoms with Gasteiger partial charge >= 0.3 is 11.9 Å². The van der Waals surface area contributed by atoms with Gasteiger partial charge in [0.25, 0.3) is 0 Å². The van der Waals surface area contributed by atoms with Crippen molar-refractivity contribution in [3.63, 3.8) is 0 Å². The molecule has 0 aromatic heterocycles. The molecule has 2 aromatic rings. The molecule has 33 heavy (non-hydrogen) atoms. The molecule has 0 aliphatic rings. The van der Waals surface area contributed by atoms with Gasteiger partial charge in [-0.3, -0.25) is 9.59 Å². The Morgan fingerprint density at radius 1 is 0.758 bits per heavy atom. The normalized spacial score (nSPS) is 11.8. The van der Waals surface area contributed by atoms with Gasteiger partial charge in [0, 0.05) is 10.8 Å². The third-order valence-corrected chi connectivity index (χ3v) is 4.89. The number of methoxy groups -OCH3 is 2. The van der Waals surface area contributed by atoms with Gasteiger partial charge in [0.05, 0.1) is 31.7 Å². The number of ether oxygens (including phenoxy) is 5. The van der Waals surface area contributed by atoms with E-state index in [9.17, 15) is 9.59 Å². The molecule has 2 aromatic carbocycles. The first kappa shape index (κ1) is 26.3. The third kappa shape index (κ3) is 6.09. The Hall–Kier alpha value is -2.96. The number of carbonyl (C=O) groups is 2. The Kier molecular flexibility index (Phi) is 8.22. The van der Waals surface area contributed by atoms with E-state index in [0.717, 1.165) is 12.8 Å². The number of hydrogen-bond acceptors (Lipinski definition) is 7. The average molecular weight is 461 g/mol. The summed E-state index contributed by atoms with van der Waals surface area (Å²) in [6, 6.07) is 5.30. The maximum atomic E-state index is 12.8. The lowest BCUT2D eigenvalue weighted by atomic mass is 9.97. The van der Waals surface area contributed by atoms with Gasteiger partial charge in [0.2, 0.25) is 11.5 Å². The van der Waals surface area contributed by atoms with E-state index in [1.807, 2.05) is 0 Å². The standard InChI is InChI=1S/C26H36O7/c1-10-11-14-31-16-12-13-17-18(15-16)20(33-24(28)26(5,6)7)22(30-9)21(29-8)19(17)32-23(27)25(2,3)4/h12-13,15H,10-11,14H2,1-9H3. The van der Waals surface area contributed by atoms with Crippen LogP contribution < -0.4 is 23.7 Å². The van der Waals surface area contributed by atoms with Crippen LogP contribution >= 0.6 is 0 Å². The van der Waals surface area contributed by atoms with Crippen LogP contribution in [0.15, 0.2) is 18.2 Å². The molecule has 0 heterocycles. The number of unbranched alkanes of at least 4 members (excludes halogenated alkanes) is 1. The predicted molar refractivity (Wildman–Crippen MR) is 128 cm³/mol. The highest BCUT2D eigenvalue weighted by Crippen LogP contribution is 2.52. The van der Waals surface area contributed by atoms with Crippen molar-refractivity contribution in [2.45, 2.75) is 61.3 Å². The molecule has 0 unspecified atom stereocenters. The minimum atomic E-state index is -0.753. The molecule has 7 nitrogen and oxygen atoms in total. The van der Waals surface area contributed by atoms with Crippen molar-refractivity contribution >= 4 is 22.7 Å². The number of carbonyl (C=O) groups excluding carboxylic acids is 2. The van der Waals surface area contributed by atoms with Gasteiger partial charge in [-0.15, -0.1) is 0 Å². The summed E-state index contributed by atoms with van der Waals surface area (Å²) in [6.07, 6.45) is 1.91. The van der Waals surface area contributed by atoms with Crippen LogP contribution in [0.5, 0.6) is 28.7 Å².